The highest BCUT2D eigenvalue weighted by Gasteiger charge is 2.06. The van der Waals surface area contributed by atoms with E-state index in [-0.39, 0.29) is 11.6 Å². The smallest absolute Gasteiger partial charge is 0.335 e. The van der Waals surface area contributed by atoms with Crippen LogP contribution in [0, 0.1) is 0 Å². The minimum atomic E-state index is -0.968. The van der Waals surface area contributed by atoms with Crippen molar-refractivity contribution in [1.82, 2.24) is 20.1 Å². The summed E-state index contributed by atoms with van der Waals surface area (Å²) in [6, 6.07) is 6.22. The minimum absolute atomic E-state index is 0.232. The van der Waals surface area contributed by atoms with Crippen LogP contribution < -0.4 is 10.6 Å². The van der Waals surface area contributed by atoms with Gasteiger partial charge in [-0.3, -0.25) is 5.32 Å². The molecule has 1 heterocycles. The molecule has 0 unspecified atom stereocenters. The van der Waals surface area contributed by atoms with E-state index in [1.165, 1.54) is 17.1 Å². The largest absolute Gasteiger partial charge is 0.478 e. The van der Waals surface area contributed by atoms with Gasteiger partial charge in [0, 0.05) is 13.6 Å². The number of benzene rings is 1. The van der Waals surface area contributed by atoms with E-state index in [9.17, 15) is 9.59 Å². The standard InChI is InChI=1S/C13H15N5O3/c1-18-12(15-8-16-18)17-13(21)14-6-5-9-3-2-4-10(7-9)11(19)20/h2-4,7-8H,5-6H2,1H3,(H,19,20)(H2,14,15,16,17,21). The molecule has 0 bridgehead atoms. The number of nitrogens with one attached hydrogen (secondary N) is 2. The normalized spacial score (nSPS) is 10.1. The lowest BCUT2D eigenvalue weighted by atomic mass is 10.1. The average Bonchev–Trinajstić information content (AvgIpc) is 2.84. The van der Waals surface area contributed by atoms with Gasteiger partial charge < -0.3 is 10.4 Å². The molecule has 0 aliphatic rings. The predicted octanol–water partition coefficient (Wildman–Crippen LogP) is 0.877. The second-order valence-corrected chi connectivity index (χ2v) is 4.34. The van der Waals surface area contributed by atoms with Crippen molar-refractivity contribution in [3.8, 4) is 0 Å². The number of carboxylic acids is 1. The van der Waals surface area contributed by atoms with Gasteiger partial charge in [-0.2, -0.15) is 10.1 Å². The monoisotopic (exact) mass is 289 g/mol. The summed E-state index contributed by atoms with van der Waals surface area (Å²) in [6.07, 6.45) is 1.88. The van der Waals surface area contributed by atoms with Gasteiger partial charge in [-0.15, -0.1) is 0 Å². The van der Waals surface area contributed by atoms with Crippen LogP contribution in [0.1, 0.15) is 15.9 Å². The van der Waals surface area contributed by atoms with Crippen LogP contribution >= 0.6 is 0 Å². The van der Waals surface area contributed by atoms with Crippen molar-refractivity contribution in [1.29, 1.82) is 0 Å². The Balaban J connectivity index is 1.81. The van der Waals surface area contributed by atoms with Crippen LogP contribution in [0.3, 0.4) is 0 Å². The topological polar surface area (TPSA) is 109 Å². The fraction of sp³-hybridized carbons (Fsp3) is 0.231. The van der Waals surface area contributed by atoms with Crippen LogP contribution in [-0.2, 0) is 13.5 Å². The molecule has 0 fully saturated rings. The molecule has 3 N–H and O–H groups in total. The van der Waals surface area contributed by atoms with Crippen LogP contribution in [0.5, 0.6) is 0 Å². The summed E-state index contributed by atoms with van der Waals surface area (Å²) in [4.78, 5) is 26.3. The molecule has 0 atom stereocenters. The highest BCUT2D eigenvalue weighted by Crippen LogP contribution is 2.05. The van der Waals surface area contributed by atoms with Gasteiger partial charge in [0.1, 0.15) is 6.33 Å². The van der Waals surface area contributed by atoms with E-state index in [0.717, 1.165) is 5.56 Å². The van der Waals surface area contributed by atoms with E-state index in [1.54, 1.807) is 19.2 Å². The summed E-state index contributed by atoms with van der Waals surface area (Å²) in [7, 11) is 1.67. The van der Waals surface area contributed by atoms with E-state index in [1.807, 2.05) is 6.07 Å². The molecule has 0 spiro atoms. The number of urea groups is 1. The van der Waals surface area contributed by atoms with Gasteiger partial charge in [-0.1, -0.05) is 12.1 Å². The van der Waals surface area contributed by atoms with Crippen molar-refractivity contribution in [3.63, 3.8) is 0 Å². The van der Waals surface area contributed by atoms with Crippen molar-refractivity contribution < 1.29 is 14.7 Å². The molecule has 21 heavy (non-hydrogen) atoms. The molecule has 1 aromatic heterocycles. The quantitative estimate of drug-likeness (QED) is 0.757. The van der Waals surface area contributed by atoms with Crippen molar-refractivity contribution in [2.45, 2.75) is 6.42 Å². The molecule has 0 aliphatic heterocycles. The number of rotatable bonds is 5. The summed E-state index contributed by atoms with van der Waals surface area (Å²) in [6.45, 7) is 0.382. The third-order valence-corrected chi connectivity index (χ3v) is 2.81. The van der Waals surface area contributed by atoms with E-state index >= 15 is 0 Å². The molecule has 8 heteroatoms. The number of aryl methyl sites for hydroxylation is 1. The lowest BCUT2D eigenvalue weighted by molar-refractivity contribution is 0.0696. The Bertz CT molecular complexity index is 653. The molecule has 2 aromatic rings. The first-order valence-electron chi connectivity index (χ1n) is 6.27. The Morgan fingerprint density at radius 3 is 2.86 bits per heavy atom. The number of aromatic carboxylic acids is 1. The van der Waals surface area contributed by atoms with Gasteiger partial charge >= 0.3 is 12.0 Å². The van der Waals surface area contributed by atoms with E-state index in [4.69, 9.17) is 5.11 Å². The zero-order valence-corrected chi connectivity index (χ0v) is 11.4. The first-order chi connectivity index (χ1) is 10.1. The predicted molar refractivity (Wildman–Crippen MR) is 75.1 cm³/mol. The van der Waals surface area contributed by atoms with E-state index in [0.29, 0.717) is 18.9 Å². The first-order valence-corrected chi connectivity index (χ1v) is 6.27. The first kappa shape index (κ1) is 14.5. The molecule has 0 aliphatic carbocycles. The summed E-state index contributed by atoms with van der Waals surface area (Å²) in [5, 5.41) is 17.9. The average molecular weight is 289 g/mol. The number of hydrogen-bond acceptors (Lipinski definition) is 4. The number of carbonyl (C=O) groups is 2. The second-order valence-electron chi connectivity index (χ2n) is 4.34. The molecule has 0 saturated heterocycles. The number of hydrogen-bond donors (Lipinski definition) is 3. The molecule has 2 amide bonds. The Morgan fingerprint density at radius 2 is 2.19 bits per heavy atom. The van der Waals surface area contributed by atoms with Gasteiger partial charge in [0.2, 0.25) is 5.95 Å². The lowest BCUT2D eigenvalue weighted by Crippen LogP contribution is -2.31. The van der Waals surface area contributed by atoms with Crippen molar-refractivity contribution in [2.75, 3.05) is 11.9 Å². The maximum atomic E-state index is 11.6. The zero-order chi connectivity index (χ0) is 15.2. The zero-order valence-electron chi connectivity index (χ0n) is 11.4. The number of anilines is 1. The molecule has 2 rings (SSSR count). The summed E-state index contributed by atoms with van der Waals surface area (Å²) in [5.74, 6) is -0.620. The highest BCUT2D eigenvalue weighted by atomic mass is 16.4. The van der Waals surface area contributed by atoms with Crippen LogP contribution in [0.4, 0.5) is 10.7 Å². The molecular weight excluding hydrogens is 274 g/mol. The summed E-state index contributed by atoms with van der Waals surface area (Å²) < 4.78 is 1.44. The Hall–Kier alpha value is -2.90. The van der Waals surface area contributed by atoms with Gasteiger partial charge in [0.05, 0.1) is 5.56 Å². The molecule has 8 nitrogen and oxygen atoms in total. The fourth-order valence-electron chi connectivity index (χ4n) is 1.74. The Kier molecular flexibility index (Phi) is 4.50. The number of amides is 2. The minimum Gasteiger partial charge on any atom is -0.478 e. The van der Waals surface area contributed by atoms with Crippen LogP contribution in [0.25, 0.3) is 0 Å². The number of carbonyl (C=O) groups excluding carboxylic acids is 1. The van der Waals surface area contributed by atoms with Crippen LogP contribution in [-0.4, -0.2) is 38.4 Å². The third kappa shape index (κ3) is 4.03. The van der Waals surface area contributed by atoms with Crippen molar-refractivity contribution in [3.05, 3.63) is 41.7 Å². The molecule has 0 radical (unpaired) electrons. The van der Waals surface area contributed by atoms with Gasteiger partial charge in [0.25, 0.3) is 0 Å². The second kappa shape index (κ2) is 6.51. The summed E-state index contributed by atoms with van der Waals surface area (Å²) >= 11 is 0. The van der Waals surface area contributed by atoms with Crippen LogP contribution in [0.2, 0.25) is 0 Å². The fourth-order valence-corrected chi connectivity index (χ4v) is 1.74. The molecule has 110 valence electrons. The summed E-state index contributed by atoms with van der Waals surface area (Å²) in [5.41, 5.74) is 1.07. The maximum Gasteiger partial charge on any atom is 0.335 e. The molecular formula is C13H15N5O3. The van der Waals surface area contributed by atoms with Gasteiger partial charge in [0.15, 0.2) is 0 Å². The Labute approximate surface area is 120 Å². The number of carboxylic acid groups (broad SMARTS) is 1. The Morgan fingerprint density at radius 1 is 1.38 bits per heavy atom. The maximum absolute atomic E-state index is 11.6. The lowest BCUT2D eigenvalue weighted by Gasteiger charge is -2.07. The number of nitrogens with zero attached hydrogens (tertiary/aromatic N) is 3. The van der Waals surface area contributed by atoms with E-state index < -0.39 is 5.97 Å². The molecule has 1 aromatic carbocycles. The van der Waals surface area contributed by atoms with Gasteiger partial charge in [-0.05, 0) is 24.1 Å². The van der Waals surface area contributed by atoms with Crippen molar-refractivity contribution >= 4 is 17.9 Å². The van der Waals surface area contributed by atoms with Gasteiger partial charge in [-0.25, -0.2) is 14.3 Å². The van der Waals surface area contributed by atoms with Crippen molar-refractivity contribution in [2.24, 2.45) is 7.05 Å². The molecule has 0 saturated carbocycles. The SMILES string of the molecule is Cn1ncnc1NC(=O)NCCc1cccc(C(=O)O)c1. The van der Waals surface area contributed by atoms with Crippen LogP contribution in [0.15, 0.2) is 30.6 Å². The number of aromatic nitrogens is 3. The third-order valence-electron chi connectivity index (χ3n) is 2.81. The van der Waals surface area contributed by atoms with E-state index in [2.05, 4.69) is 20.7 Å². The highest BCUT2D eigenvalue weighted by molar-refractivity contribution is 5.88.